The average Bonchev–Trinajstić information content (AvgIpc) is 2.83. The SMILES string of the molecule is C=CCOP(OCC=C)OCC(COP(OCC=C)OCC=C)OP(OCC=C)OCC=C. The highest BCUT2D eigenvalue weighted by atomic mass is 31.2. The maximum Gasteiger partial charge on any atom is 0.333 e. The molecule has 0 heterocycles. The van der Waals surface area contributed by atoms with Crippen molar-refractivity contribution in [2.75, 3.05) is 52.9 Å². The topological polar surface area (TPSA) is 83.1 Å². The van der Waals surface area contributed by atoms with Crippen molar-refractivity contribution in [1.82, 2.24) is 0 Å². The molecule has 0 atom stereocenters. The van der Waals surface area contributed by atoms with Crippen LogP contribution in [0.25, 0.3) is 0 Å². The van der Waals surface area contributed by atoms with E-state index in [9.17, 15) is 0 Å². The van der Waals surface area contributed by atoms with Gasteiger partial charge in [-0.3, -0.25) is 0 Å². The summed E-state index contributed by atoms with van der Waals surface area (Å²) >= 11 is 0. The summed E-state index contributed by atoms with van der Waals surface area (Å²) < 4.78 is 50.8. The van der Waals surface area contributed by atoms with Gasteiger partial charge >= 0.3 is 25.8 Å². The van der Waals surface area contributed by atoms with Gasteiger partial charge in [-0.15, -0.1) is 39.5 Å². The van der Waals surface area contributed by atoms with Crippen LogP contribution in [0.4, 0.5) is 0 Å². The van der Waals surface area contributed by atoms with E-state index in [-0.39, 0.29) is 52.9 Å². The normalized spacial score (nSPS) is 11.3. The van der Waals surface area contributed by atoms with E-state index in [2.05, 4.69) is 39.5 Å². The highest BCUT2D eigenvalue weighted by molar-refractivity contribution is 7.42. The van der Waals surface area contributed by atoms with Gasteiger partial charge in [-0.25, -0.2) is 0 Å². The van der Waals surface area contributed by atoms with Gasteiger partial charge in [-0.1, -0.05) is 36.5 Å². The van der Waals surface area contributed by atoms with Gasteiger partial charge in [0.1, 0.15) is 6.10 Å². The van der Waals surface area contributed by atoms with E-state index in [4.69, 9.17) is 40.7 Å². The summed E-state index contributed by atoms with van der Waals surface area (Å²) in [5.74, 6) is 0. The zero-order valence-corrected chi connectivity index (χ0v) is 21.6. The second kappa shape index (κ2) is 24.5. The van der Waals surface area contributed by atoms with Gasteiger partial charge in [0.2, 0.25) is 0 Å². The second-order valence-corrected chi connectivity index (χ2v) is 9.11. The number of rotatable bonds is 26. The molecule has 9 nitrogen and oxygen atoms in total. The Bertz CT molecular complexity index is 483. The maximum atomic E-state index is 5.97. The summed E-state index contributed by atoms with van der Waals surface area (Å²) in [6.45, 7) is 23.4. The largest absolute Gasteiger partial charge is 0.333 e. The summed E-state index contributed by atoms with van der Waals surface area (Å²) in [5, 5.41) is 0. The molecule has 0 bridgehead atoms. The third-order valence-electron chi connectivity index (χ3n) is 2.75. The molecule has 0 aromatic rings. The van der Waals surface area contributed by atoms with Crippen LogP contribution in [0.2, 0.25) is 0 Å². The molecule has 0 rings (SSSR count). The first-order valence-corrected chi connectivity index (χ1v) is 13.2. The monoisotopic (exact) mass is 524 g/mol. The van der Waals surface area contributed by atoms with Crippen LogP contribution in [0.15, 0.2) is 75.9 Å². The molecule has 0 aliphatic rings. The minimum absolute atomic E-state index is 0.0554. The van der Waals surface area contributed by atoms with E-state index in [0.29, 0.717) is 0 Å². The van der Waals surface area contributed by atoms with Crippen LogP contribution >= 0.6 is 25.8 Å². The van der Waals surface area contributed by atoms with Crippen molar-refractivity contribution in [3.63, 3.8) is 0 Å². The van der Waals surface area contributed by atoms with E-state index >= 15 is 0 Å². The van der Waals surface area contributed by atoms with Gasteiger partial charge in [0.15, 0.2) is 0 Å². The van der Waals surface area contributed by atoms with Crippen LogP contribution in [0, 0.1) is 0 Å². The summed E-state index contributed by atoms with van der Waals surface area (Å²) in [4.78, 5) is 0. The lowest BCUT2D eigenvalue weighted by molar-refractivity contribution is 0.0402. The Kier molecular flexibility index (Phi) is 24.0. The van der Waals surface area contributed by atoms with Crippen LogP contribution in [0.1, 0.15) is 0 Å². The summed E-state index contributed by atoms with van der Waals surface area (Å²) in [7, 11) is -5.06. The number of hydrogen-bond donors (Lipinski definition) is 0. The second-order valence-electron chi connectivity index (χ2n) is 5.50. The molecule has 0 radical (unpaired) electrons. The molecule has 0 aliphatic carbocycles. The van der Waals surface area contributed by atoms with Gasteiger partial charge in [-0.2, -0.15) is 0 Å². The highest BCUT2D eigenvalue weighted by Gasteiger charge is 2.25. The highest BCUT2D eigenvalue weighted by Crippen LogP contribution is 2.45. The van der Waals surface area contributed by atoms with Crippen LogP contribution in [-0.2, 0) is 40.7 Å². The fraction of sp³-hybridized carbons (Fsp3) is 0.429. The molecule has 33 heavy (non-hydrogen) atoms. The summed E-state index contributed by atoms with van der Waals surface area (Å²) in [5.41, 5.74) is 0. The molecule has 0 saturated carbocycles. The van der Waals surface area contributed by atoms with E-state index in [1.54, 1.807) is 36.5 Å². The minimum Gasteiger partial charge on any atom is -0.309 e. The first-order chi connectivity index (χ1) is 16.1. The van der Waals surface area contributed by atoms with Gasteiger partial charge in [0.05, 0.1) is 52.9 Å². The molecule has 0 N–H and O–H groups in total. The molecule has 0 aromatic heterocycles. The fourth-order valence-electron chi connectivity index (χ4n) is 1.52. The summed E-state index contributed by atoms with van der Waals surface area (Å²) in [6.07, 6.45) is 8.95. The lowest BCUT2D eigenvalue weighted by Gasteiger charge is -2.25. The average molecular weight is 524 g/mol. The molecule has 0 saturated heterocycles. The van der Waals surface area contributed by atoms with E-state index in [0.717, 1.165) is 0 Å². The van der Waals surface area contributed by atoms with Crippen molar-refractivity contribution in [2.24, 2.45) is 0 Å². The number of hydrogen-bond acceptors (Lipinski definition) is 9. The zero-order valence-electron chi connectivity index (χ0n) is 19.0. The van der Waals surface area contributed by atoms with Gasteiger partial charge in [0, 0.05) is 0 Å². The molecular weight excluding hydrogens is 489 g/mol. The maximum absolute atomic E-state index is 5.97. The molecule has 0 aliphatic heterocycles. The summed E-state index contributed by atoms with van der Waals surface area (Å²) in [6, 6.07) is 0. The molecule has 12 heteroatoms. The minimum atomic E-state index is -1.73. The molecule has 0 amide bonds. The van der Waals surface area contributed by atoms with Crippen molar-refractivity contribution in [2.45, 2.75) is 6.10 Å². The van der Waals surface area contributed by atoms with Crippen molar-refractivity contribution in [1.29, 1.82) is 0 Å². The van der Waals surface area contributed by atoms with Crippen molar-refractivity contribution >= 4 is 25.8 Å². The lowest BCUT2D eigenvalue weighted by atomic mass is 10.4. The Hall–Kier alpha value is -0.630. The van der Waals surface area contributed by atoms with Crippen LogP contribution in [0.5, 0.6) is 0 Å². The Balaban J connectivity index is 5.20. The van der Waals surface area contributed by atoms with Crippen molar-refractivity contribution < 1.29 is 40.7 Å². The van der Waals surface area contributed by atoms with E-state index in [1.165, 1.54) is 0 Å². The van der Waals surface area contributed by atoms with E-state index in [1.807, 2.05) is 0 Å². The van der Waals surface area contributed by atoms with Crippen LogP contribution in [-0.4, -0.2) is 59.0 Å². The molecule has 0 spiro atoms. The Morgan fingerprint density at radius 1 is 0.424 bits per heavy atom. The Morgan fingerprint density at radius 2 is 0.697 bits per heavy atom. The molecular formula is C21H35O9P3. The predicted molar refractivity (Wildman–Crippen MR) is 134 cm³/mol. The van der Waals surface area contributed by atoms with E-state index < -0.39 is 31.9 Å². The lowest BCUT2D eigenvalue weighted by Crippen LogP contribution is -2.24. The molecule has 0 unspecified atom stereocenters. The third kappa shape index (κ3) is 19.4. The third-order valence-corrected chi connectivity index (χ3v) is 6.10. The van der Waals surface area contributed by atoms with Gasteiger partial charge in [0.25, 0.3) is 0 Å². The van der Waals surface area contributed by atoms with Crippen molar-refractivity contribution in [3.8, 4) is 0 Å². The fourth-order valence-corrected chi connectivity index (χ4v) is 4.47. The first kappa shape index (κ1) is 32.4. The van der Waals surface area contributed by atoms with Crippen LogP contribution in [0.3, 0.4) is 0 Å². The molecule has 0 fully saturated rings. The Labute approximate surface area is 201 Å². The smallest absolute Gasteiger partial charge is 0.309 e. The van der Waals surface area contributed by atoms with Gasteiger partial charge in [-0.05, 0) is 0 Å². The Morgan fingerprint density at radius 3 is 0.970 bits per heavy atom. The standard InChI is InChI=1S/C21H35O9P3/c1-7-13-22-31(23-14-8-2)28-19-21(30-33(26-17-11-5)27-18-12-6)20-29-32(24-15-9-3)25-16-10-4/h7-12,21H,1-6,13-20H2. The quantitative estimate of drug-likeness (QED) is 0.0956. The van der Waals surface area contributed by atoms with Crippen molar-refractivity contribution in [3.05, 3.63) is 75.9 Å². The first-order valence-electron chi connectivity index (χ1n) is 9.90. The predicted octanol–water partition coefficient (Wildman–Crippen LogP) is 6.30. The van der Waals surface area contributed by atoms with Gasteiger partial charge < -0.3 is 40.7 Å². The molecule has 0 aromatic carbocycles. The van der Waals surface area contributed by atoms with Crippen LogP contribution < -0.4 is 0 Å². The molecule has 188 valence electrons. The zero-order chi connectivity index (χ0) is 24.6.